The van der Waals surface area contributed by atoms with Gasteiger partial charge in [0.15, 0.2) is 6.61 Å². The van der Waals surface area contributed by atoms with Crippen molar-refractivity contribution < 1.29 is 48.5 Å². The van der Waals surface area contributed by atoms with E-state index in [9.17, 15) is 33.9 Å². The number of aromatic hydroxyl groups is 1. The van der Waals surface area contributed by atoms with Crippen LogP contribution in [0.25, 0.3) is 33.3 Å². The molecule has 0 saturated carbocycles. The number of carbonyl (C=O) groups is 6. The van der Waals surface area contributed by atoms with Gasteiger partial charge >= 0.3 is 11.9 Å². The van der Waals surface area contributed by atoms with Crippen LogP contribution in [-0.4, -0.2) is 123 Å². The van der Waals surface area contributed by atoms with Gasteiger partial charge in [-0.2, -0.15) is 0 Å². The number of esters is 1. The molecule has 0 radical (unpaired) electrons. The van der Waals surface area contributed by atoms with Gasteiger partial charge in [-0.1, -0.05) is 46.4 Å². The number of aryl methyl sites for hydroxylation is 1. The van der Waals surface area contributed by atoms with Crippen molar-refractivity contribution >= 4 is 46.5 Å². The number of carboxylic acids is 1. The first-order valence-corrected chi connectivity index (χ1v) is 23.0. The van der Waals surface area contributed by atoms with Crippen LogP contribution in [0.5, 0.6) is 11.5 Å². The van der Waals surface area contributed by atoms with Crippen LogP contribution < -0.4 is 15.5 Å². The number of amides is 4. The molecular weight excluding hydrogens is 857 g/mol. The Morgan fingerprint density at radius 2 is 1.75 bits per heavy atom. The van der Waals surface area contributed by atoms with Crippen LogP contribution in [0.3, 0.4) is 0 Å². The van der Waals surface area contributed by atoms with Gasteiger partial charge in [0.05, 0.1) is 18.2 Å². The third-order valence-electron chi connectivity index (χ3n) is 13.0. The number of phenolic OH excluding ortho intramolecular Hbond substituents is 1. The summed E-state index contributed by atoms with van der Waals surface area (Å²) in [6.45, 7) is 14.4. The van der Waals surface area contributed by atoms with Crippen molar-refractivity contribution in [1.29, 1.82) is 0 Å². The van der Waals surface area contributed by atoms with Gasteiger partial charge < -0.3 is 39.4 Å². The summed E-state index contributed by atoms with van der Waals surface area (Å²) in [7, 11) is 1.57. The number of nitrogens with one attached hydrogen (secondary N) is 2. The van der Waals surface area contributed by atoms with Gasteiger partial charge in [0.25, 0.3) is 5.91 Å². The second-order valence-corrected chi connectivity index (χ2v) is 19.0. The highest BCUT2D eigenvalue weighted by molar-refractivity contribution is 5.96. The summed E-state index contributed by atoms with van der Waals surface area (Å²) >= 11 is 0. The van der Waals surface area contributed by atoms with E-state index in [1.165, 1.54) is 16.0 Å². The van der Waals surface area contributed by atoms with E-state index in [0.717, 1.165) is 33.3 Å². The normalized spacial score (nSPS) is 20.2. The fourth-order valence-electron chi connectivity index (χ4n) is 9.79. The molecule has 67 heavy (non-hydrogen) atoms. The summed E-state index contributed by atoms with van der Waals surface area (Å²) in [4.78, 5) is 83.4. The number of rotatable bonds is 11. The molecule has 1 unspecified atom stereocenters. The van der Waals surface area contributed by atoms with Crippen LogP contribution in [0.4, 0.5) is 0 Å². The number of likely N-dealkylation sites (N-methyl/N-ethyl adjacent to an activating group) is 1. The van der Waals surface area contributed by atoms with Crippen LogP contribution in [-0.2, 0) is 52.9 Å². The number of hydrogen-bond acceptors (Lipinski definition) is 10. The number of benzene rings is 3. The van der Waals surface area contributed by atoms with Gasteiger partial charge in [0, 0.05) is 56.0 Å². The van der Waals surface area contributed by atoms with Crippen LogP contribution in [0.2, 0.25) is 0 Å². The standard InChI is InChI=1S/C51H62N6O10/c1-8-43(59)55-20-18-34(27-55)48(63)54(7)45(30(3)4)47(62)52-41-23-31-21-35(24-36(58)22-31)33-14-17-42-38(25-33)39(46(56(42)9-2)32-12-15-37(16-13-32)66-28-44(60)61)26-51(5,6)29-67-50(65)40-11-10-19-57(53-40)49(41)64/h8,12-17,21-22,24-25,30,34,40-41,45,53,58H,1,9-11,18-20,23,26-29H2,2-7H3,(H,52,62)(H,60,61)/t34-,40-,41-,45?/m0/s1. The first-order chi connectivity index (χ1) is 31.9. The molecule has 4 aromatic rings. The molecule has 4 N–H and O–H groups in total. The molecule has 2 saturated heterocycles. The SMILES string of the molecule is C=CC(=O)N1CC[C@H](C(=O)N(C)C(C(=O)N[C@H]2Cc3cc(O)cc(c3)-c3ccc4c(c3)c(c(-c3ccc(OCC(=O)O)cc3)n4CC)CC(C)(C)COC(=O)[C@@H]3CCCN(N3)C2=O)C(C)C)C1. The topological polar surface area (TPSA) is 200 Å². The highest BCUT2D eigenvalue weighted by atomic mass is 16.5. The predicted octanol–water partition coefficient (Wildman–Crippen LogP) is 5.33. The number of fused-ring (bicyclic) bond motifs is 6. The Hall–Kier alpha value is -6.68. The van der Waals surface area contributed by atoms with E-state index < -0.39 is 59.8 Å². The highest BCUT2D eigenvalue weighted by Gasteiger charge is 2.40. The minimum absolute atomic E-state index is 0.0345. The molecule has 4 heterocycles. The molecule has 4 amide bonds. The van der Waals surface area contributed by atoms with Crippen LogP contribution in [0.15, 0.2) is 73.3 Å². The molecule has 2 fully saturated rings. The largest absolute Gasteiger partial charge is 0.508 e. The Morgan fingerprint density at radius 1 is 1.01 bits per heavy atom. The number of hydrogen-bond donors (Lipinski definition) is 4. The first-order valence-electron chi connectivity index (χ1n) is 23.0. The number of aromatic nitrogens is 1. The number of carboxylic acid groups (broad SMARTS) is 1. The summed E-state index contributed by atoms with van der Waals surface area (Å²) in [6, 6.07) is 15.5. The third-order valence-corrected chi connectivity index (χ3v) is 13.0. The zero-order chi connectivity index (χ0) is 48.3. The maximum atomic E-state index is 14.7. The molecule has 0 spiro atoms. The van der Waals surface area contributed by atoms with Crippen molar-refractivity contribution in [3.8, 4) is 33.9 Å². The maximum Gasteiger partial charge on any atom is 0.341 e. The van der Waals surface area contributed by atoms with E-state index in [4.69, 9.17) is 14.6 Å². The number of hydrazine groups is 1. The Bertz CT molecular complexity index is 2570. The first kappa shape index (κ1) is 48.3. The van der Waals surface area contributed by atoms with Crippen molar-refractivity contribution in [2.75, 3.05) is 39.9 Å². The number of carbonyl (C=O) groups excluding carboxylic acids is 5. The minimum atomic E-state index is -1.18. The van der Waals surface area contributed by atoms with Gasteiger partial charge in [-0.05, 0) is 121 Å². The van der Waals surface area contributed by atoms with Crippen molar-refractivity contribution in [3.05, 3.63) is 84.4 Å². The average molecular weight is 919 g/mol. The molecule has 4 atom stereocenters. The summed E-state index contributed by atoms with van der Waals surface area (Å²) in [5.41, 5.74) is 8.36. The Balaban J connectivity index is 1.28. The molecule has 6 bridgehead atoms. The number of nitrogens with zero attached hydrogens (tertiary/aromatic N) is 4. The molecule has 356 valence electrons. The lowest BCUT2D eigenvalue weighted by molar-refractivity contribution is -0.155. The summed E-state index contributed by atoms with van der Waals surface area (Å²) < 4.78 is 13.7. The van der Waals surface area contributed by atoms with Crippen molar-refractivity contribution in [1.82, 2.24) is 30.1 Å². The second kappa shape index (κ2) is 20.0. The number of likely N-dealkylation sites (tertiary alicyclic amines) is 1. The van der Waals surface area contributed by atoms with Crippen LogP contribution >= 0.6 is 0 Å². The summed E-state index contributed by atoms with van der Waals surface area (Å²) in [5, 5.41) is 25.7. The van der Waals surface area contributed by atoms with E-state index in [2.05, 4.69) is 34.9 Å². The number of aliphatic carboxylic acids is 1. The second-order valence-electron chi connectivity index (χ2n) is 19.0. The van der Waals surface area contributed by atoms with E-state index in [1.807, 2.05) is 58.0 Å². The molecule has 16 nitrogen and oxygen atoms in total. The number of phenols is 1. The van der Waals surface area contributed by atoms with Crippen LogP contribution in [0.1, 0.15) is 65.0 Å². The van der Waals surface area contributed by atoms with Gasteiger partial charge in [0.1, 0.15) is 29.6 Å². The van der Waals surface area contributed by atoms with E-state index in [1.54, 1.807) is 36.2 Å². The monoisotopic (exact) mass is 918 g/mol. The maximum absolute atomic E-state index is 14.7. The van der Waals surface area contributed by atoms with E-state index >= 15 is 0 Å². The molecule has 0 aliphatic carbocycles. The smallest absolute Gasteiger partial charge is 0.341 e. The van der Waals surface area contributed by atoms with Gasteiger partial charge in [-0.25, -0.2) is 10.2 Å². The molecule has 3 aromatic carbocycles. The quantitative estimate of drug-likeness (QED) is 0.112. The molecule has 3 aliphatic rings. The van der Waals surface area contributed by atoms with Gasteiger partial charge in [0.2, 0.25) is 17.7 Å². The Morgan fingerprint density at radius 3 is 2.43 bits per heavy atom. The lowest BCUT2D eigenvalue weighted by atomic mass is 9.84. The molecular formula is C51H62N6O10. The van der Waals surface area contributed by atoms with E-state index in [-0.39, 0.29) is 49.6 Å². The molecule has 1 aromatic heterocycles. The predicted molar refractivity (Wildman–Crippen MR) is 252 cm³/mol. The zero-order valence-electron chi connectivity index (χ0n) is 39.2. The van der Waals surface area contributed by atoms with Gasteiger partial charge in [-0.15, -0.1) is 0 Å². The summed E-state index contributed by atoms with van der Waals surface area (Å²) in [5.74, 6) is -3.66. The lowest BCUT2D eigenvalue weighted by Crippen LogP contribution is -2.62. The Kier molecular flexibility index (Phi) is 14.4. The van der Waals surface area contributed by atoms with Crippen molar-refractivity contribution in [2.24, 2.45) is 17.3 Å². The average Bonchev–Trinajstić information content (AvgIpc) is 3.91. The number of cyclic esters (lactones) is 1. The third kappa shape index (κ3) is 10.6. The number of ether oxygens (including phenoxy) is 2. The fourth-order valence-corrected chi connectivity index (χ4v) is 9.79. The van der Waals surface area contributed by atoms with E-state index in [0.29, 0.717) is 55.6 Å². The van der Waals surface area contributed by atoms with Crippen molar-refractivity contribution in [2.45, 2.75) is 91.4 Å². The van der Waals surface area contributed by atoms with Gasteiger partial charge in [-0.3, -0.25) is 29.0 Å². The van der Waals surface area contributed by atoms with Crippen LogP contribution in [0, 0.1) is 17.3 Å². The zero-order valence-corrected chi connectivity index (χ0v) is 39.2. The molecule has 16 heteroatoms. The molecule has 7 rings (SSSR count). The van der Waals surface area contributed by atoms with Crippen molar-refractivity contribution in [3.63, 3.8) is 0 Å². The highest BCUT2D eigenvalue weighted by Crippen LogP contribution is 2.41. The summed E-state index contributed by atoms with van der Waals surface area (Å²) in [6.07, 6.45) is 3.03. The Labute approximate surface area is 390 Å². The minimum Gasteiger partial charge on any atom is -0.508 e. The fraction of sp³-hybridized carbons (Fsp3) is 0.451. The lowest BCUT2D eigenvalue weighted by Gasteiger charge is -2.37. The molecule has 3 aliphatic heterocycles.